The minimum Gasteiger partial charge on any atom is -0.507 e. The average Bonchev–Trinajstić information content (AvgIpc) is 3.43. The zero-order chi connectivity index (χ0) is 19.8. The predicted molar refractivity (Wildman–Crippen MR) is 103 cm³/mol. The van der Waals surface area contributed by atoms with Gasteiger partial charge in [0.15, 0.2) is 5.82 Å². The summed E-state index contributed by atoms with van der Waals surface area (Å²) in [4.78, 5) is 27.6. The lowest BCUT2D eigenvalue weighted by Gasteiger charge is -2.21. The molecule has 7 nitrogen and oxygen atoms in total. The van der Waals surface area contributed by atoms with Crippen LogP contribution in [0, 0.1) is 6.92 Å². The van der Waals surface area contributed by atoms with Crippen molar-refractivity contribution < 1.29 is 24.0 Å². The Kier molecular flexibility index (Phi) is 4.48. The van der Waals surface area contributed by atoms with Crippen LogP contribution in [0.1, 0.15) is 22.2 Å². The van der Waals surface area contributed by atoms with Crippen molar-refractivity contribution in [1.82, 2.24) is 5.16 Å². The van der Waals surface area contributed by atoms with E-state index in [1.54, 1.807) is 37.3 Å². The number of thiophene rings is 1. The Morgan fingerprint density at radius 3 is 2.57 bits per heavy atom. The van der Waals surface area contributed by atoms with Gasteiger partial charge in [-0.2, -0.15) is 0 Å². The molecule has 0 saturated carbocycles. The van der Waals surface area contributed by atoms with Crippen LogP contribution in [-0.4, -0.2) is 29.1 Å². The summed E-state index contributed by atoms with van der Waals surface area (Å²) >= 11 is 1.38. The van der Waals surface area contributed by atoms with Crippen LogP contribution < -0.4 is 9.64 Å². The van der Waals surface area contributed by atoms with E-state index in [0.29, 0.717) is 17.1 Å². The minimum atomic E-state index is -0.786. The van der Waals surface area contributed by atoms with Crippen molar-refractivity contribution in [2.45, 2.75) is 13.0 Å². The number of amides is 1. The maximum atomic E-state index is 12.9. The van der Waals surface area contributed by atoms with Crippen LogP contribution in [0.4, 0.5) is 5.82 Å². The third-order valence-corrected chi connectivity index (χ3v) is 5.41. The zero-order valence-corrected chi connectivity index (χ0v) is 15.9. The molecule has 8 heteroatoms. The quantitative estimate of drug-likeness (QED) is 0.411. The molecule has 0 radical (unpaired) electrons. The highest BCUT2D eigenvalue weighted by atomic mass is 32.1. The number of rotatable bonds is 4. The Morgan fingerprint density at radius 2 is 2.00 bits per heavy atom. The molecule has 3 aromatic rings. The number of nitrogens with zero attached hydrogens (tertiary/aromatic N) is 2. The van der Waals surface area contributed by atoms with E-state index in [1.165, 1.54) is 23.3 Å². The van der Waals surface area contributed by atoms with Gasteiger partial charge < -0.3 is 14.4 Å². The number of methoxy groups -OCH3 is 1. The number of ketones is 1. The van der Waals surface area contributed by atoms with Gasteiger partial charge in [0.25, 0.3) is 5.78 Å². The van der Waals surface area contributed by atoms with E-state index in [-0.39, 0.29) is 17.2 Å². The number of benzene rings is 1. The average molecular weight is 396 g/mol. The molecule has 0 aliphatic carbocycles. The largest absolute Gasteiger partial charge is 0.507 e. The predicted octanol–water partition coefficient (Wildman–Crippen LogP) is 3.68. The van der Waals surface area contributed by atoms with Gasteiger partial charge in [0.05, 0.1) is 12.7 Å². The minimum absolute atomic E-state index is 0.0123. The number of aliphatic hydroxyl groups is 1. The van der Waals surface area contributed by atoms with Crippen LogP contribution in [0.25, 0.3) is 5.76 Å². The number of aromatic nitrogens is 1. The van der Waals surface area contributed by atoms with Gasteiger partial charge in [-0.05, 0) is 42.6 Å². The van der Waals surface area contributed by atoms with Crippen LogP contribution in [0.15, 0.2) is 57.9 Å². The fourth-order valence-corrected chi connectivity index (χ4v) is 3.98. The molecule has 3 heterocycles. The van der Waals surface area contributed by atoms with Crippen molar-refractivity contribution in [3.8, 4) is 5.75 Å². The van der Waals surface area contributed by atoms with Gasteiger partial charge in [-0.25, -0.2) is 0 Å². The van der Waals surface area contributed by atoms with Gasteiger partial charge in [0, 0.05) is 16.5 Å². The molecule has 1 atom stereocenters. The number of aliphatic hydroxyl groups excluding tert-OH is 1. The van der Waals surface area contributed by atoms with Gasteiger partial charge in [0.2, 0.25) is 0 Å². The monoisotopic (exact) mass is 396 g/mol. The summed E-state index contributed by atoms with van der Waals surface area (Å²) in [5, 5.41) is 16.6. The van der Waals surface area contributed by atoms with Crippen molar-refractivity contribution in [1.29, 1.82) is 0 Å². The normalized spacial score (nSPS) is 18.6. The van der Waals surface area contributed by atoms with Crippen molar-refractivity contribution >= 4 is 34.6 Å². The van der Waals surface area contributed by atoms with Crippen LogP contribution >= 0.6 is 11.3 Å². The van der Waals surface area contributed by atoms with Gasteiger partial charge in [0.1, 0.15) is 23.3 Å². The smallest absolute Gasteiger partial charge is 0.301 e. The second-order valence-corrected chi connectivity index (χ2v) is 7.19. The number of ether oxygens (including phenoxy) is 1. The highest BCUT2D eigenvalue weighted by Gasteiger charge is 2.48. The van der Waals surface area contributed by atoms with E-state index < -0.39 is 17.7 Å². The van der Waals surface area contributed by atoms with E-state index in [0.717, 1.165) is 4.88 Å². The lowest BCUT2D eigenvalue weighted by molar-refractivity contribution is -0.132. The molecule has 0 bridgehead atoms. The summed E-state index contributed by atoms with van der Waals surface area (Å²) in [7, 11) is 1.54. The fraction of sp³-hybridized carbons (Fsp3) is 0.150. The number of Topliss-reactive ketones (excluding diaryl/α,β-unsaturated/α-hetero) is 1. The Hall–Kier alpha value is -3.39. The maximum Gasteiger partial charge on any atom is 0.301 e. The first-order valence-electron chi connectivity index (χ1n) is 8.43. The SMILES string of the molecule is COc1ccc(C(O)=C2C(=O)C(=O)N(c3cc(C)on3)[C@H]2c2cccs2)cc1. The lowest BCUT2D eigenvalue weighted by Crippen LogP contribution is -2.29. The van der Waals surface area contributed by atoms with Crippen LogP contribution in [0.2, 0.25) is 0 Å². The van der Waals surface area contributed by atoms with Crippen molar-refractivity contribution in [2.24, 2.45) is 0 Å². The second kappa shape index (κ2) is 6.97. The van der Waals surface area contributed by atoms with Gasteiger partial charge in [-0.15, -0.1) is 11.3 Å². The van der Waals surface area contributed by atoms with E-state index in [4.69, 9.17) is 9.26 Å². The van der Waals surface area contributed by atoms with Crippen molar-refractivity contribution in [2.75, 3.05) is 12.0 Å². The molecular weight excluding hydrogens is 380 g/mol. The molecule has 28 heavy (non-hydrogen) atoms. The molecule has 142 valence electrons. The molecule has 1 N–H and O–H groups in total. The molecular formula is C20H16N2O5S. The third kappa shape index (κ3) is 2.87. The molecule has 4 rings (SSSR count). The van der Waals surface area contributed by atoms with E-state index in [9.17, 15) is 14.7 Å². The van der Waals surface area contributed by atoms with Crippen molar-refractivity contribution in [3.05, 3.63) is 69.6 Å². The number of anilines is 1. The zero-order valence-electron chi connectivity index (χ0n) is 15.1. The van der Waals surface area contributed by atoms with E-state index in [2.05, 4.69) is 5.16 Å². The first kappa shape index (κ1) is 18.0. The third-order valence-electron chi connectivity index (χ3n) is 4.48. The first-order chi connectivity index (χ1) is 13.5. The molecule has 1 fully saturated rings. The number of aryl methyl sites for hydroxylation is 1. The summed E-state index contributed by atoms with van der Waals surface area (Å²) in [5.41, 5.74) is 0.426. The molecule has 1 amide bonds. The topological polar surface area (TPSA) is 92.9 Å². The summed E-state index contributed by atoms with van der Waals surface area (Å²) < 4.78 is 10.2. The summed E-state index contributed by atoms with van der Waals surface area (Å²) in [6, 6.07) is 11.0. The Bertz CT molecular complexity index is 1070. The van der Waals surface area contributed by atoms with Gasteiger partial charge in [-0.3, -0.25) is 14.5 Å². The molecule has 0 spiro atoms. The Morgan fingerprint density at radius 1 is 1.25 bits per heavy atom. The van der Waals surface area contributed by atoms with E-state index in [1.807, 2.05) is 17.5 Å². The van der Waals surface area contributed by atoms with Gasteiger partial charge >= 0.3 is 5.91 Å². The summed E-state index contributed by atoms with van der Waals surface area (Å²) in [6.45, 7) is 1.70. The van der Waals surface area contributed by atoms with Crippen LogP contribution in [0.5, 0.6) is 5.75 Å². The molecule has 0 unspecified atom stereocenters. The number of hydrogen-bond acceptors (Lipinski definition) is 7. The number of hydrogen-bond donors (Lipinski definition) is 1. The van der Waals surface area contributed by atoms with E-state index >= 15 is 0 Å². The Balaban J connectivity index is 1.89. The fourth-order valence-electron chi connectivity index (χ4n) is 3.16. The molecule has 1 saturated heterocycles. The van der Waals surface area contributed by atoms with Crippen LogP contribution in [-0.2, 0) is 9.59 Å². The second-order valence-electron chi connectivity index (χ2n) is 6.21. The highest BCUT2D eigenvalue weighted by Crippen LogP contribution is 2.43. The first-order valence-corrected chi connectivity index (χ1v) is 9.31. The molecule has 1 aliphatic rings. The highest BCUT2D eigenvalue weighted by molar-refractivity contribution is 7.10. The molecule has 2 aromatic heterocycles. The maximum absolute atomic E-state index is 12.9. The van der Waals surface area contributed by atoms with Crippen LogP contribution in [0.3, 0.4) is 0 Å². The number of carbonyl (C=O) groups excluding carboxylic acids is 2. The molecule has 1 aromatic carbocycles. The molecule has 1 aliphatic heterocycles. The van der Waals surface area contributed by atoms with Crippen molar-refractivity contribution in [3.63, 3.8) is 0 Å². The number of carbonyl (C=O) groups is 2. The standard InChI is InChI=1S/C20H16N2O5S/c1-11-10-15(21-27-11)22-17(14-4-3-9-28-14)16(19(24)20(22)25)18(23)12-5-7-13(26-2)8-6-12/h3-10,17,23H,1-2H3/t17-/m0/s1. The Labute approximate surface area is 164 Å². The summed E-state index contributed by atoms with van der Waals surface area (Å²) in [5.74, 6) is -0.426. The lowest BCUT2D eigenvalue weighted by atomic mass is 10.00. The van der Waals surface area contributed by atoms with Gasteiger partial charge in [-0.1, -0.05) is 11.2 Å². The summed E-state index contributed by atoms with van der Waals surface area (Å²) in [6.07, 6.45) is 0.